The molecule has 0 aliphatic carbocycles. The summed E-state index contributed by atoms with van der Waals surface area (Å²) >= 11 is 7.96. The predicted octanol–water partition coefficient (Wildman–Crippen LogP) is 5.20. The van der Waals surface area contributed by atoms with E-state index in [1.165, 1.54) is 11.3 Å². The molecule has 0 saturated carbocycles. The molecule has 1 aliphatic heterocycles. The van der Waals surface area contributed by atoms with E-state index >= 15 is 0 Å². The second kappa shape index (κ2) is 6.66. The third-order valence-corrected chi connectivity index (χ3v) is 6.15. The van der Waals surface area contributed by atoms with E-state index in [1.54, 1.807) is 0 Å². The van der Waals surface area contributed by atoms with E-state index in [2.05, 4.69) is 5.32 Å². The van der Waals surface area contributed by atoms with Gasteiger partial charge in [0.05, 0.1) is 16.2 Å². The molecule has 0 bridgehead atoms. The first-order valence-corrected chi connectivity index (χ1v) is 10.1. The van der Waals surface area contributed by atoms with E-state index in [0.29, 0.717) is 10.0 Å². The third kappa shape index (κ3) is 4.11. The SMILES string of the molecule is CC(C)(C)OC(=O)Nc1cc2c(B3OC(C)(C)C(C)(C)O3)c(Cl)ccc2s1. The monoisotopic (exact) mass is 409 g/mol. The van der Waals surface area contributed by atoms with E-state index in [-0.39, 0.29) is 0 Å². The van der Waals surface area contributed by atoms with Crippen LogP contribution in [0.3, 0.4) is 0 Å². The molecule has 0 atom stereocenters. The van der Waals surface area contributed by atoms with Crippen LogP contribution in [0, 0.1) is 0 Å². The molecule has 2 aromatic rings. The molecule has 146 valence electrons. The number of thiophene rings is 1. The number of halogens is 1. The number of rotatable bonds is 2. The van der Waals surface area contributed by atoms with Gasteiger partial charge in [-0.25, -0.2) is 4.79 Å². The van der Waals surface area contributed by atoms with Crippen molar-refractivity contribution in [1.29, 1.82) is 0 Å². The summed E-state index contributed by atoms with van der Waals surface area (Å²) in [6.45, 7) is 13.5. The maximum Gasteiger partial charge on any atom is 0.497 e. The van der Waals surface area contributed by atoms with Crippen molar-refractivity contribution in [3.05, 3.63) is 23.2 Å². The first-order valence-electron chi connectivity index (χ1n) is 8.87. The van der Waals surface area contributed by atoms with Gasteiger partial charge in [-0.05, 0) is 72.1 Å². The fourth-order valence-corrected chi connectivity index (χ4v) is 3.99. The molecule has 1 amide bonds. The topological polar surface area (TPSA) is 56.8 Å². The Morgan fingerprint density at radius 2 is 1.78 bits per heavy atom. The molecule has 1 N–H and O–H groups in total. The highest BCUT2D eigenvalue weighted by Crippen LogP contribution is 2.39. The highest BCUT2D eigenvalue weighted by molar-refractivity contribution is 7.23. The highest BCUT2D eigenvalue weighted by Gasteiger charge is 2.52. The second-order valence-corrected chi connectivity index (χ2v) is 10.2. The van der Waals surface area contributed by atoms with Gasteiger partial charge in [0, 0.05) is 15.2 Å². The molecular weight excluding hydrogens is 385 g/mol. The minimum absolute atomic E-state index is 0.462. The van der Waals surface area contributed by atoms with E-state index in [0.717, 1.165) is 15.5 Å². The summed E-state index contributed by atoms with van der Waals surface area (Å²) in [4.78, 5) is 12.1. The molecule has 0 radical (unpaired) electrons. The standard InChI is InChI=1S/C19H25BClNO4S/c1-17(2,3)24-16(23)22-14-10-11-13(27-14)9-8-12(21)15(11)20-25-18(4,5)19(6,7)26-20/h8-10H,1-7H3,(H,22,23). The largest absolute Gasteiger partial charge is 0.497 e. The van der Waals surface area contributed by atoms with E-state index in [4.69, 9.17) is 25.6 Å². The summed E-state index contributed by atoms with van der Waals surface area (Å²) in [6.07, 6.45) is -0.489. The molecule has 8 heteroatoms. The number of hydrogen-bond acceptors (Lipinski definition) is 5. The summed E-state index contributed by atoms with van der Waals surface area (Å²) < 4.78 is 18.7. The smallest absolute Gasteiger partial charge is 0.444 e. The van der Waals surface area contributed by atoms with Crippen LogP contribution >= 0.6 is 22.9 Å². The fraction of sp³-hybridized carbons (Fsp3) is 0.526. The van der Waals surface area contributed by atoms with E-state index < -0.39 is 30.0 Å². The summed E-state index contributed by atoms with van der Waals surface area (Å²) in [5.41, 5.74) is -0.702. The zero-order valence-corrected chi connectivity index (χ0v) is 18.3. The van der Waals surface area contributed by atoms with E-state index in [1.807, 2.05) is 66.7 Å². The van der Waals surface area contributed by atoms with Crippen molar-refractivity contribution < 1.29 is 18.8 Å². The summed E-state index contributed by atoms with van der Waals surface area (Å²) in [7, 11) is -0.574. The van der Waals surface area contributed by atoms with Gasteiger partial charge >= 0.3 is 13.2 Å². The quantitative estimate of drug-likeness (QED) is 0.692. The zero-order chi connectivity index (χ0) is 20.2. The summed E-state index contributed by atoms with van der Waals surface area (Å²) in [6, 6.07) is 5.64. The van der Waals surface area contributed by atoms with Gasteiger partial charge in [0.15, 0.2) is 0 Å². The van der Waals surface area contributed by atoms with Crippen LogP contribution in [0.1, 0.15) is 48.5 Å². The number of carbonyl (C=O) groups excluding carboxylic acids is 1. The van der Waals surface area contributed by atoms with Gasteiger partial charge in [-0.1, -0.05) is 11.6 Å². The van der Waals surface area contributed by atoms with Crippen LogP contribution in [0.15, 0.2) is 18.2 Å². The normalized spacial score (nSPS) is 18.7. The van der Waals surface area contributed by atoms with Crippen LogP contribution in [0.4, 0.5) is 9.80 Å². The number of benzene rings is 1. The van der Waals surface area contributed by atoms with Crippen LogP contribution in [-0.2, 0) is 14.0 Å². The lowest BCUT2D eigenvalue weighted by Gasteiger charge is -2.32. The Balaban J connectivity index is 1.94. The Morgan fingerprint density at radius 1 is 1.19 bits per heavy atom. The van der Waals surface area contributed by atoms with Gasteiger partial charge in [-0.15, -0.1) is 11.3 Å². The first kappa shape index (κ1) is 20.5. The lowest BCUT2D eigenvalue weighted by atomic mass is 9.77. The van der Waals surface area contributed by atoms with E-state index in [9.17, 15) is 4.79 Å². The number of anilines is 1. The van der Waals surface area contributed by atoms with Crippen molar-refractivity contribution in [3.8, 4) is 0 Å². The Morgan fingerprint density at radius 3 is 2.33 bits per heavy atom. The van der Waals surface area contributed by atoms with Gasteiger partial charge in [-0.2, -0.15) is 0 Å². The summed E-state index contributed by atoms with van der Waals surface area (Å²) in [5, 5.41) is 4.94. The van der Waals surface area contributed by atoms with Crippen molar-refractivity contribution in [2.24, 2.45) is 0 Å². The number of carbonyl (C=O) groups is 1. The molecule has 1 aliphatic rings. The fourth-order valence-electron chi connectivity index (χ4n) is 2.77. The van der Waals surface area contributed by atoms with Gasteiger partial charge in [0.2, 0.25) is 0 Å². The average Bonchev–Trinajstić information content (AvgIpc) is 2.94. The highest BCUT2D eigenvalue weighted by atomic mass is 35.5. The van der Waals surface area contributed by atoms with Gasteiger partial charge in [0.1, 0.15) is 5.60 Å². The minimum Gasteiger partial charge on any atom is -0.444 e. The number of ether oxygens (including phenoxy) is 1. The minimum atomic E-state index is -0.574. The lowest BCUT2D eigenvalue weighted by Crippen LogP contribution is -2.41. The molecule has 1 aromatic carbocycles. The van der Waals surface area contributed by atoms with Gasteiger partial charge < -0.3 is 14.0 Å². The van der Waals surface area contributed by atoms with Crippen molar-refractivity contribution in [2.75, 3.05) is 5.32 Å². The van der Waals surface area contributed by atoms with Crippen molar-refractivity contribution in [3.63, 3.8) is 0 Å². The number of amides is 1. The Labute approximate surface area is 169 Å². The maximum atomic E-state index is 12.1. The lowest BCUT2D eigenvalue weighted by molar-refractivity contribution is 0.00578. The number of fused-ring (bicyclic) bond motifs is 1. The molecule has 0 spiro atoms. The van der Waals surface area contributed by atoms with Crippen LogP contribution < -0.4 is 10.8 Å². The molecule has 2 heterocycles. The van der Waals surface area contributed by atoms with Crippen LogP contribution in [0.25, 0.3) is 10.1 Å². The number of nitrogens with one attached hydrogen (secondary N) is 1. The van der Waals surface area contributed by atoms with Crippen LogP contribution in [-0.4, -0.2) is 30.0 Å². The molecule has 3 rings (SSSR count). The molecule has 27 heavy (non-hydrogen) atoms. The molecule has 0 unspecified atom stereocenters. The Hall–Kier alpha value is -1.28. The van der Waals surface area contributed by atoms with Crippen molar-refractivity contribution in [1.82, 2.24) is 0 Å². The molecule has 5 nitrogen and oxygen atoms in total. The van der Waals surface area contributed by atoms with Crippen molar-refractivity contribution >= 4 is 56.7 Å². The number of hydrogen-bond donors (Lipinski definition) is 1. The third-order valence-electron chi connectivity index (χ3n) is 4.80. The van der Waals surface area contributed by atoms with Crippen LogP contribution in [0.5, 0.6) is 0 Å². The average molecular weight is 410 g/mol. The Bertz CT molecular complexity index is 872. The maximum absolute atomic E-state index is 12.1. The first-order chi connectivity index (χ1) is 12.3. The van der Waals surface area contributed by atoms with Gasteiger partial charge in [0.25, 0.3) is 0 Å². The zero-order valence-electron chi connectivity index (χ0n) is 16.7. The second-order valence-electron chi connectivity index (χ2n) is 8.70. The molecule has 1 aromatic heterocycles. The van der Waals surface area contributed by atoms with Gasteiger partial charge in [-0.3, -0.25) is 5.32 Å². The summed E-state index contributed by atoms with van der Waals surface area (Å²) in [5.74, 6) is 0. The van der Waals surface area contributed by atoms with Crippen LogP contribution in [0.2, 0.25) is 5.02 Å². The molecule has 1 saturated heterocycles. The van der Waals surface area contributed by atoms with Crippen molar-refractivity contribution in [2.45, 2.75) is 65.3 Å². The Kier molecular flexibility index (Phi) is 5.04. The molecular formula is C19H25BClNO4S. The molecule has 1 fully saturated rings. The predicted molar refractivity (Wildman–Crippen MR) is 112 cm³/mol.